The number of rotatable bonds is 11. The van der Waals surface area contributed by atoms with Crippen molar-refractivity contribution in [1.82, 2.24) is 5.32 Å². The van der Waals surface area contributed by atoms with Gasteiger partial charge in [0.2, 0.25) is 11.8 Å². The van der Waals surface area contributed by atoms with E-state index in [1.807, 2.05) is 109 Å². The second-order valence-electron chi connectivity index (χ2n) is 10.6. The normalized spacial score (nSPS) is 10.8. The third-order valence-corrected chi connectivity index (χ3v) is 7.17. The number of nitrogens with two attached hydrogens (primary N) is 1. The van der Waals surface area contributed by atoms with Crippen LogP contribution in [0.4, 0.5) is 18.9 Å². The molecule has 0 bridgehead atoms. The summed E-state index contributed by atoms with van der Waals surface area (Å²) in [4.78, 5) is 37.1. The number of aliphatic carboxylic acids is 1. The fourth-order valence-corrected chi connectivity index (χ4v) is 4.79. The molecule has 4 N–H and O–H groups in total. The first-order valence-corrected chi connectivity index (χ1v) is 15.0. The highest BCUT2D eigenvalue weighted by Crippen LogP contribution is 2.34. The molecule has 0 unspecified atom stereocenters. The topological polar surface area (TPSA) is 122 Å². The Morgan fingerprint density at radius 2 is 1.40 bits per heavy atom. The Kier molecular flexibility index (Phi) is 12.3. The minimum absolute atomic E-state index is 0.0607. The van der Waals surface area contributed by atoms with Gasteiger partial charge >= 0.3 is 12.1 Å². The lowest BCUT2D eigenvalue weighted by Gasteiger charge is -2.25. The number of amides is 2. The number of nitrogens with zero attached hydrogens (tertiary/aromatic N) is 1. The van der Waals surface area contributed by atoms with Crippen molar-refractivity contribution in [1.29, 1.82) is 0 Å². The highest BCUT2D eigenvalue weighted by molar-refractivity contribution is 5.96. The van der Waals surface area contributed by atoms with E-state index >= 15 is 0 Å². The summed E-state index contributed by atoms with van der Waals surface area (Å²) in [6.45, 7) is 1.15. The number of halogens is 3. The van der Waals surface area contributed by atoms with Gasteiger partial charge in [0.15, 0.2) is 5.75 Å². The number of fused-ring (bicyclic) bond motifs is 1. The SMILES string of the molecule is NCc1cccc(Oc2ccccc2N(Cc2ccccc2)C(=O)CCC(=O)NCc2cccc3ccccc23)c1.O=C(O)C(F)(F)F. The largest absolute Gasteiger partial charge is 0.490 e. The van der Waals surface area contributed by atoms with Crippen LogP contribution in [0, 0.1) is 0 Å². The van der Waals surface area contributed by atoms with E-state index in [0.29, 0.717) is 36.8 Å². The summed E-state index contributed by atoms with van der Waals surface area (Å²) in [5.41, 5.74) is 9.41. The number of hydrogen-bond donors (Lipinski definition) is 3. The number of carboxylic acids is 1. The van der Waals surface area contributed by atoms with Crippen molar-refractivity contribution in [2.45, 2.75) is 38.7 Å². The van der Waals surface area contributed by atoms with Crippen LogP contribution in [0.15, 0.2) is 121 Å². The molecule has 0 heterocycles. The predicted octanol–water partition coefficient (Wildman–Crippen LogP) is 7.35. The molecule has 0 aliphatic heterocycles. The lowest BCUT2D eigenvalue weighted by Crippen LogP contribution is -2.32. The minimum Gasteiger partial charge on any atom is -0.475 e. The Morgan fingerprint density at radius 3 is 2.12 bits per heavy atom. The molecule has 11 heteroatoms. The van der Waals surface area contributed by atoms with Crippen molar-refractivity contribution < 1.29 is 37.4 Å². The molecule has 0 saturated carbocycles. The van der Waals surface area contributed by atoms with Gasteiger partial charge in [-0.1, -0.05) is 97.1 Å². The first-order valence-electron chi connectivity index (χ1n) is 15.0. The number of anilines is 1. The molecule has 0 atom stereocenters. The highest BCUT2D eigenvalue weighted by atomic mass is 19.4. The van der Waals surface area contributed by atoms with Gasteiger partial charge in [-0.3, -0.25) is 9.59 Å². The molecule has 5 rings (SSSR count). The van der Waals surface area contributed by atoms with Crippen LogP contribution < -0.4 is 20.7 Å². The second kappa shape index (κ2) is 16.8. The molecule has 5 aromatic rings. The minimum atomic E-state index is -5.08. The first-order chi connectivity index (χ1) is 23.0. The second-order valence-corrected chi connectivity index (χ2v) is 10.6. The van der Waals surface area contributed by atoms with E-state index in [2.05, 4.69) is 17.4 Å². The number of hydrogen-bond acceptors (Lipinski definition) is 5. The molecule has 248 valence electrons. The van der Waals surface area contributed by atoms with Gasteiger partial charge in [-0.25, -0.2) is 4.79 Å². The van der Waals surface area contributed by atoms with Crippen molar-refractivity contribution in [3.8, 4) is 11.5 Å². The average molecular weight is 658 g/mol. The maximum absolute atomic E-state index is 13.7. The maximum Gasteiger partial charge on any atom is 0.490 e. The summed E-state index contributed by atoms with van der Waals surface area (Å²) in [7, 11) is 0. The number of carbonyl (C=O) groups is 3. The molecular formula is C37H34F3N3O5. The fourth-order valence-electron chi connectivity index (χ4n) is 4.79. The zero-order valence-electron chi connectivity index (χ0n) is 25.8. The van der Waals surface area contributed by atoms with Crippen molar-refractivity contribution >= 4 is 34.2 Å². The van der Waals surface area contributed by atoms with Crippen LogP contribution in [0.25, 0.3) is 10.8 Å². The van der Waals surface area contributed by atoms with Crippen LogP contribution in [0.2, 0.25) is 0 Å². The number of ether oxygens (including phenoxy) is 1. The van der Waals surface area contributed by atoms with Crippen LogP contribution in [0.3, 0.4) is 0 Å². The van der Waals surface area contributed by atoms with Gasteiger partial charge in [0.25, 0.3) is 0 Å². The Balaban J connectivity index is 0.000000671. The fraction of sp³-hybridized carbons (Fsp3) is 0.162. The van der Waals surface area contributed by atoms with Crippen molar-refractivity contribution in [3.05, 3.63) is 138 Å². The molecule has 0 radical (unpaired) electrons. The highest BCUT2D eigenvalue weighted by Gasteiger charge is 2.38. The summed E-state index contributed by atoms with van der Waals surface area (Å²) in [5.74, 6) is -1.91. The lowest BCUT2D eigenvalue weighted by molar-refractivity contribution is -0.192. The number of para-hydroxylation sites is 2. The van der Waals surface area contributed by atoms with Crippen molar-refractivity contribution in [2.75, 3.05) is 4.90 Å². The van der Waals surface area contributed by atoms with Crippen LogP contribution in [0.1, 0.15) is 29.5 Å². The van der Waals surface area contributed by atoms with E-state index in [1.54, 1.807) is 4.90 Å². The quantitative estimate of drug-likeness (QED) is 0.137. The van der Waals surface area contributed by atoms with Crippen LogP contribution in [-0.4, -0.2) is 29.1 Å². The van der Waals surface area contributed by atoms with Gasteiger partial charge in [-0.05, 0) is 51.7 Å². The zero-order valence-corrected chi connectivity index (χ0v) is 25.8. The number of alkyl halides is 3. The molecule has 0 fully saturated rings. The first kappa shape index (κ1) is 35.2. The summed E-state index contributed by atoms with van der Waals surface area (Å²) in [5, 5.41) is 12.3. The molecule has 8 nitrogen and oxygen atoms in total. The van der Waals surface area contributed by atoms with Crippen molar-refractivity contribution in [2.24, 2.45) is 5.73 Å². The van der Waals surface area contributed by atoms with E-state index in [0.717, 1.165) is 27.5 Å². The van der Waals surface area contributed by atoms with E-state index in [9.17, 15) is 22.8 Å². The molecule has 2 amide bonds. The summed E-state index contributed by atoms with van der Waals surface area (Å²) < 4.78 is 38.0. The summed E-state index contributed by atoms with van der Waals surface area (Å²) >= 11 is 0. The molecule has 0 aliphatic carbocycles. The summed E-state index contributed by atoms with van der Waals surface area (Å²) in [6, 6.07) is 39.0. The maximum atomic E-state index is 13.7. The standard InChI is InChI=1S/C35H33N3O3.C2HF3O2/c36-23-27-12-8-16-30(22-27)41-33-19-7-6-18-32(33)38(25-26-10-2-1-3-11-26)35(40)21-20-34(39)37-24-29-15-9-14-28-13-4-5-17-31(28)29;3-2(4,5)1(6)7/h1-19,22H,20-21,23-25,36H2,(H,37,39);(H,6,7). The van der Waals surface area contributed by atoms with E-state index in [-0.39, 0.29) is 24.7 Å². The molecule has 5 aromatic carbocycles. The van der Waals surface area contributed by atoms with Crippen LogP contribution >= 0.6 is 0 Å². The van der Waals surface area contributed by atoms with Gasteiger partial charge in [0.05, 0.1) is 12.2 Å². The van der Waals surface area contributed by atoms with Crippen LogP contribution in [0.5, 0.6) is 11.5 Å². The average Bonchev–Trinajstić information content (AvgIpc) is 3.09. The van der Waals surface area contributed by atoms with E-state index in [4.69, 9.17) is 20.4 Å². The lowest BCUT2D eigenvalue weighted by atomic mass is 10.0. The van der Waals surface area contributed by atoms with Gasteiger partial charge in [-0.15, -0.1) is 0 Å². The number of carbonyl (C=O) groups excluding carboxylic acids is 2. The van der Waals surface area contributed by atoms with Gasteiger partial charge in [0.1, 0.15) is 5.75 Å². The number of benzene rings is 5. The Hall–Kier alpha value is -5.68. The predicted molar refractivity (Wildman–Crippen MR) is 177 cm³/mol. The smallest absolute Gasteiger partial charge is 0.475 e. The molecule has 48 heavy (non-hydrogen) atoms. The van der Waals surface area contributed by atoms with Crippen molar-refractivity contribution in [3.63, 3.8) is 0 Å². The van der Waals surface area contributed by atoms with Gasteiger partial charge in [0, 0.05) is 25.9 Å². The monoisotopic (exact) mass is 657 g/mol. The molecular weight excluding hydrogens is 623 g/mol. The molecule has 0 saturated heterocycles. The molecule has 0 spiro atoms. The third-order valence-electron chi connectivity index (χ3n) is 7.17. The van der Waals surface area contributed by atoms with Gasteiger partial charge in [-0.2, -0.15) is 13.2 Å². The number of carboxylic acid groups (broad SMARTS) is 1. The molecule has 0 aromatic heterocycles. The summed E-state index contributed by atoms with van der Waals surface area (Å²) in [6.07, 6.45) is -4.94. The van der Waals surface area contributed by atoms with E-state index in [1.165, 1.54) is 0 Å². The van der Waals surface area contributed by atoms with E-state index < -0.39 is 12.1 Å². The Bertz CT molecular complexity index is 1840. The third kappa shape index (κ3) is 10.2. The van der Waals surface area contributed by atoms with Crippen LogP contribution in [-0.2, 0) is 34.0 Å². The zero-order chi connectivity index (χ0) is 34.5. The Labute approximate surface area is 275 Å². The Morgan fingerprint density at radius 1 is 0.771 bits per heavy atom. The molecule has 0 aliphatic rings. The number of nitrogens with one attached hydrogen (secondary N) is 1. The van der Waals surface area contributed by atoms with Gasteiger partial charge < -0.3 is 25.8 Å².